The van der Waals surface area contributed by atoms with Crippen molar-refractivity contribution >= 4 is 6.91 Å². The molecule has 0 aliphatic heterocycles. The summed E-state index contributed by atoms with van der Waals surface area (Å²) >= 11 is 0. The number of unbranched alkanes of at least 4 members (excludes halogenated alkanes) is 3. The van der Waals surface area contributed by atoms with Gasteiger partial charge in [-0.2, -0.15) is 0 Å². The van der Waals surface area contributed by atoms with E-state index in [1.54, 1.807) is 16.6 Å². The fourth-order valence-corrected chi connectivity index (χ4v) is 2.57. The molecule has 0 bridgehead atoms. The third kappa shape index (κ3) is 4.96. The Morgan fingerprint density at radius 3 is 2.11 bits per heavy atom. The molecule has 0 fully saturated rings. The van der Waals surface area contributed by atoms with E-state index in [0.717, 1.165) is 0 Å². The summed E-state index contributed by atoms with van der Waals surface area (Å²) in [5.41, 5.74) is 4.93. The maximum absolute atomic E-state index is 2.36. The summed E-state index contributed by atoms with van der Waals surface area (Å²) in [6.07, 6.45) is 11.7. The summed E-state index contributed by atoms with van der Waals surface area (Å²) < 4.78 is 0. The second-order valence-electron chi connectivity index (χ2n) is 5.37. The molecule has 0 aliphatic carbocycles. The van der Waals surface area contributed by atoms with Gasteiger partial charge in [0.25, 0.3) is 0 Å². The first kappa shape index (κ1) is 15.5. The zero-order valence-corrected chi connectivity index (χ0v) is 12.6. The standard InChI is InChI=1S/C17H29B/c1-4-7-10-15-13-14-18-17(12-9-6-3)16(15)11-8-5-2/h13-14H,4-12H2,1-3H3. The zero-order valence-electron chi connectivity index (χ0n) is 12.6. The minimum absolute atomic E-state index is 1.27. The number of hydrogen-bond donors (Lipinski definition) is 0. The van der Waals surface area contributed by atoms with Crippen LogP contribution in [0.25, 0.3) is 0 Å². The molecule has 0 radical (unpaired) electrons. The van der Waals surface area contributed by atoms with Crippen molar-refractivity contribution in [3.8, 4) is 0 Å². The summed E-state index contributed by atoms with van der Waals surface area (Å²) in [6, 6.07) is 2.36. The van der Waals surface area contributed by atoms with E-state index in [1.165, 1.54) is 57.8 Å². The average Bonchev–Trinajstić information content (AvgIpc) is 2.41. The van der Waals surface area contributed by atoms with Gasteiger partial charge in [0.15, 0.2) is 0 Å². The summed E-state index contributed by atoms with van der Waals surface area (Å²) in [5.74, 6) is 2.27. The topological polar surface area (TPSA) is 0 Å². The van der Waals surface area contributed by atoms with Crippen LogP contribution >= 0.6 is 0 Å². The van der Waals surface area contributed by atoms with Gasteiger partial charge in [-0.3, -0.25) is 0 Å². The van der Waals surface area contributed by atoms with Crippen molar-refractivity contribution in [3.63, 3.8) is 0 Å². The molecule has 1 aromatic heterocycles. The first-order valence-corrected chi connectivity index (χ1v) is 7.93. The molecule has 0 unspecified atom stereocenters. The van der Waals surface area contributed by atoms with Crippen molar-refractivity contribution < 1.29 is 0 Å². The van der Waals surface area contributed by atoms with Gasteiger partial charge in [-0.1, -0.05) is 0 Å². The van der Waals surface area contributed by atoms with Crippen LogP contribution < -0.4 is 0 Å². The van der Waals surface area contributed by atoms with Gasteiger partial charge in [0, 0.05) is 0 Å². The summed E-state index contributed by atoms with van der Waals surface area (Å²) in [7, 11) is 0. The Balaban J connectivity index is 2.85. The van der Waals surface area contributed by atoms with E-state index in [1.807, 2.05) is 0 Å². The third-order valence-corrected chi connectivity index (χ3v) is 3.75. The van der Waals surface area contributed by atoms with Crippen LogP contribution in [0.5, 0.6) is 0 Å². The van der Waals surface area contributed by atoms with E-state index in [4.69, 9.17) is 0 Å². The van der Waals surface area contributed by atoms with E-state index in [0.29, 0.717) is 0 Å². The Morgan fingerprint density at radius 2 is 1.44 bits per heavy atom. The molecule has 0 nitrogen and oxygen atoms in total. The van der Waals surface area contributed by atoms with Crippen LogP contribution in [-0.4, -0.2) is 6.91 Å². The fourth-order valence-electron chi connectivity index (χ4n) is 2.57. The molecule has 0 aromatic carbocycles. The predicted octanol–water partition coefficient (Wildman–Crippen LogP) is 5.05. The average molecular weight is 244 g/mol. The van der Waals surface area contributed by atoms with Crippen molar-refractivity contribution in [2.75, 3.05) is 0 Å². The van der Waals surface area contributed by atoms with Crippen molar-refractivity contribution in [2.45, 2.75) is 78.6 Å². The molecule has 0 atom stereocenters. The number of hydrogen-bond acceptors (Lipinski definition) is 0. The van der Waals surface area contributed by atoms with E-state index >= 15 is 0 Å². The molecule has 0 saturated heterocycles. The van der Waals surface area contributed by atoms with Crippen LogP contribution in [-0.2, 0) is 19.3 Å². The SMILES string of the molecule is CCCCc1bccc(CCCC)c1CCCC. The van der Waals surface area contributed by atoms with Gasteiger partial charge in [-0.25, -0.2) is 0 Å². The molecule has 1 rings (SSSR count). The molecule has 18 heavy (non-hydrogen) atoms. The fraction of sp³-hybridized carbons (Fsp3) is 0.706. The van der Waals surface area contributed by atoms with E-state index in [-0.39, 0.29) is 0 Å². The zero-order chi connectivity index (χ0) is 13.2. The molecule has 0 amide bonds. The Kier molecular flexibility index (Phi) is 8.04. The third-order valence-electron chi connectivity index (χ3n) is 3.75. The normalized spacial score (nSPS) is 10.6. The first-order chi connectivity index (χ1) is 8.83. The molecule has 1 aromatic rings. The van der Waals surface area contributed by atoms with Crippen LogP contribution in [0.1, 0.15) is 75.9 Å². The minimum atomic E-state index is 1.27. The van der Waals surface area contributed by atoms with E-state index < -0.39 is 0 Å². The molecule has 1 heterocycles. The van der Waals surface area contributed by atoms with Gasteiger partial charge >= 0.3 is 114 Å². The van der Waals surface area contributed by atoms with E-state index in [2.05, 4.69) is 39.7 Å². The monoisotopic (exact) mass is 244 g/mol. The van der Waals surface area contributed by atoms with Crippen molar-refractivity contribution in [1.29, 1.82) is 0 Å². The molecule has 1 heteroatoms. The van der Waals surface area contributed by atoms with Crippen LogP contribution in [0.15, 0.2) is 12.0 Å². The second kappa shape index (κ2) is 9.36. The molecule has 0 N–H and O–H groups in total. The van der Waals surface area contributed by atoms with Crippen LogP contribution in [0.2, 0.25) is 0 Å². The summed E-state index contributed by atoms with van der Waals surface area (Å²) in [5, 5.41) is 0. The predicted molar refractivity (Wildman–Crippen MR) is 83.6 cm³/mol. The van der Waals surface area contributed by atoms with Gasteiger partial charge < -0.3 is 0 Å². The molecule has 0 saturated carbocycles. The van der Waals surface area contributed by atoms with Crippen molar-refractivity contribution in [2.24, 2.45) is 0 Å². The number of rotatable bonds is 9. The Labute approximate surface area is 114 Å². The Morgan fingerprint density at radius 1 is 0.833 bits per heavy atom. The van der Waals surface area contributed by atoms with Crippen molar-refractivity contribution in [1.82, 2.24) is 0 Å². The molecule has 0 spiro atoms. The summed E-state index contributed by atoms with van der Waals surface area (Å²) in [4.78, 5) is 0. The molecule has 100 valence electrons. The second-order valence-corrected chi connectivity index (χ2v) is 5.37. The van der Waals surface area contributed by atoms with Gasteiger partial charge in [0.1, 0.15) is 0 Å². The van der Waals surface area contributed by atoms with Gasteiger partial charge in [0.2, 0.25) is 0 Å². The van der Waals surface area contributed by atoms with Crippen LogP contribution in [0, 0.1) is 0 Å². The quantitative estimate of drug-likeness (QED) is 0.570. The molecular formula is C17H29B. The molecular weight excluding hydrogens is 215 g/mol. The van der Waals surface area contributed by atoms with Gasteiger partial charge in [-0.05, 0) is 0 Å². The number of aryl methyl sites for hydroxylation is 2. The Bertz CT molecular complexity index is 304. The van der Waals surface area contributed by atoms with Crippen LogP contribution in [0.3, 0.4) is 0 Å². The Hall–Kier alpha value is -0.585. The van der Waals surface area contributed by atoms with E-state index in [9.17, 15) is 0 Å². The van der Waals surface area contributed by atoms with Crippen molar-refractivity contribution in [3.05, 3.63) is 28.6 Å². The first-order valence-electron chi connectivity index (χ1n) is 7.93. The maximum atomic E-state index is 2.36. The molecule has 0 aliphatic rings. The summed E-state index contributed by atoms with van der Waals surface area (Å²) in [6.45, 7) is 9.22. The van der Waals surface area contributed by atoms with Gasteiger partial charge in [-0.15, -0.1) is 0 Å². The van der Waals surface area contributed by atoms with Crippen LogP contribution in [0.4, 0.5) is 0 Å². The van der Waals surface area contributed by atoms with Gasteiger partial charge in [0.05, 0.1) is 0 Å².